The SMILES string of the molecule is CN=C(NCCCCN1CCCC1)NCCOC. The normalized spacial score (nSPS) is 17.1. The molecule has 106 valence electrons. The number of aliphatic imine (C=N–C) groups is 1. The summed E-state index contributed by atoms with van der Waals surface area (Å²) in [5.74, 6) is 0.869. The molecule has 0 saturated carbocycles. The molecule has 0 aliphatic carbocycles. The zero-order valence-electron chi connectivity index (χ0n) is 11.9. The van der Waals surface area contributed by atoms with Gasteiger partial charge in [-0.2, -0.15) is 0 Å². The summed E-state index contributed by atoms with van der Waals surface area (Å²) in [6.07, 6.45) is 5.23. The van der Waals surface area contributed by atoms with Gasteiger partial charge in [-0.25, -0.2) is 0 Å². The van der Waals surface area contributed by atoms with Crippen LogP contribution in [0, 0.1) is 0 Å². The molecule has 0 aromatic rings. The molecular formula is C13H28N4O. The first-order valence-electron chi connectivity index (χ1n) is 7.02. The van der Waals surface area contributed by atoms with Gasteiger partial charge in [0.05, 0.1) is 6.61 Å². The highest BCUT2D eigenvalue weighted by Gasteiger charge is 2.09. The van der Waals surface area contributed by atoms with E-state index in [-0.39, 0.29) is 0 Å². The number of rotatable bonds is 8. The zero-order valence-corrected chi connectivity index (χ0v) is 11.9. The van der Waals surface area contributed by atoms with Crippen molar-refractivity contribution < 1.29 is 4.74 Å². The van der Waals surface area contributed by atoms with Crippen LogP contribution in [0.15, 0.2) is 4.99 Å². The summed E-state index contributed by atoms with van der Waals surface area (Å²) in [4.78, 5) is 6.72. The van der Waals surface area contributed by atoms with E-state index in [1.807, 2.05) is 0 Å². The summed E-state index contributed by atoms with van der Waals surface area (Å²) in [7, 11) is 3.50. The molecule has 0 aromatic heterocycles. The van der Waals surface area contributed by atoms with Crippen LogP contribution in [0.2, 0.25) is 0 Å². The molecule has 2 N–H and O–H groups in total. The number of hydrogen-bond acceptors (Lipinski definition) is 3. The lowest BCUT2D eigenvalue weighted by molar-refractivity contribution is 0.203. The molecule has 1 heterocycles. The van der Waals surface area contributed by atoms with E-state index in [1.54, 1.807) is 14.2 Å². The van der Waals surface area contributed by atoms with Crippen molar-refractivity contribution in [1.82, 2.24) is 15.5 Å². The monoisotopic (exact) mass is 256 g/mol. The smallest absolute Gasteiger partial charge is 0.191 e. The van der Waals surface area contributed by atoms with Crippen molar-refractivity contribution in [2.24, 2.45) is 4.99 Å². The van der Waals surface area contributed by atoms with Crippen molar-refractivity contribution in [3.05, 3.63) is 0 Å². The van der Waals surface area contributed by atoms with Crippen molar-refractivity contribution in [3.8, 4) is 0 Å². The maximum Gasteiger partial charge on any atom is 0.191 e. The quantitative estimate of drug-likeness (QED) is 0.381. The van der Waals surface area contributed by atoms with E-state index in [0.29, 0.717) is 6.61 Å². The standard InChI is InChI=1S/C13H28N4O/c1-14-13(16-8-12-18-2)15-7-3-4-9-17-10-5-6-11-17/h3-12H2,1-2H3,(H2,14,15,16). The van der Waals surface area contributed by atoms with Crippen LogP contribution in [-0.4, -0.2) is 64.3 Å². The van der Waals surface area contributed by atoms with Crippen LogP contribution in [-0.2, 0) is 4.74 Å². The Bertz CT molecular complexity index is 227. The first kappa shape index (κ1) is 15.2. The first-order valence-corrected chi connectivity index (χ1v) is 7.02. The highest BCUT2D eigenvalue weighted by atomic mass is 16.5. The number of likely N-dealkylation sites (tertiary alicyclic amines) is 1. The van der Waals surface area contributed by atoms with Gasteiger partial charge in [-0.15, -0.1) is 0 Å². The Morgan fingerprint density at radius 3 is 2.56 bits per heavy atom. The highest BCUT2D eigenvalue weighted by Crippen LogP contribution is 2.07. The van der Waals surface area contributed by atoms with Crippen LogP contribution >= 0.6 is 0 Å². The molecule has 1 fully saturated rings. The maximum absolute atomic E-state index is 4.99. The van der Waals surface area contributed by atoms with Gasteiger partial charge in [0, 0.05) is 27.2 Å². The molecule has 5 heteroatoms. The van der Waals surface area contributed by atoms with E-state index in [9.17, 15) is 0 Å². The minimum Gasteiger partial charge on any atom is -0.383 e. The van der Waals surface area contributed by atoms with Crippen LogP contribution in [0.1, 0.15) is 25.7 Å². The van der Waals surface area contributed by atoms with Gasteiger partial charge < -0.3 is 20.3 Å². The molecule has 0 atom stereocenters. The van der Waals surface area contributed by atoms with Crippen molar-refractivity contribution >= 4 is 5.96 Å². The fourth-order valence-electron chi connectivity index (χ4n) is 2.17. The minimum absolute atomic E-state index is 0.704. The second-order valence-electron chi connectivity index (χ2n) is 4.67. The molecule has 1 aliphatic rings. The Balaban J connectivity index is 1.94. The van der Waals surface area contributed by atoms with Gasteiger partial charge in [-0.3, -0.25) is 4.99 Å². The molecule has 0 amide bonds. The van der Waals surface area contributed by atoms with Crippen molar-refractivity contribution in [2.45, 2.75) is 25.7 Å². The van der Waals surface area contributed by atoms with Crippen molar-refractivity contribution in [3.63, 3.8) is 0 Å². The lowest BCUT2D eigenvalue weighted by Crippen LogP contribution is -2.39. The van der Waals surface area contributed by atoms with E-state index in [0.717, 1.165) is 19.0 Å². The summed E-state index contributed by atoms with van der Waals surface area (Å²) in [6.45, 7) is 6.33. The number of hydrogen-bond donors (Lipinski definition) is 2. The fraction of sp³-hybridized carbons (Fsp3) is 0.923. The van der Waals surface area contributed by atoms with Crippen LogP contribution in [0.4, 0.5) is 0 Å². The Kier molecular flexibility index (Phi) is 8.59. The third-order valence-electron chi connectivity index (χ3n) is 3.21. The van der Waals surface area contributed by atoms with Crippen LogP contribution in [0.3, 0.4) is 0 Å². The van der Waals surface area contributed by atoms with Gasteiger partial charge in [0.2, 0.25) is 0 Å². The molecule has 0 spiro atoms. The van der Waals surface area contributed by atoms with Gasteiger partial charge in [-0.05, 0) is 45.3 Å². The molecule has 0 aromatic carbocycles. The molecule has 5 nitrogen and oxygen atoms in total. The largest absolute Gasteiger partial charge is 0.383 e. The Labute approximate surface area is 111 Å². The van der Waals surface area contributed by atoms with Crippen LogP contribution in [0.5, 0.6) is 0 Å². The second kappa shape index (κ2) is 10.1. The third-order valence-corrected chi connectivity index (χ3v) is 3.21. The predicted octanol–water partition coefficient (Wildman–Crippen LogP) is 0.674. The van der Waals surface area contributed by atoms with Crippen molar-refractivity contribution in [2.75, 3.05) is 53.5 Å². The minimum atomic E-state index is 0.704. The fourth-order valence-corrected chi connectivity index (χ4v) is 2.17. The Hall–Kier alpha value is -0.810. The third kappa shape index (κ3) is 6.81. The molecule has 0 unspecified atom stereocenters. The molecule has 0 radical (unpaired) electrons. The van der Waals surface area contributed by atoms with Crippen LogP contribution in [0.25, 0.3) is 0 Å². The summed E-state index contributed by atoms with van der Waals surface area (Å²) < 4.78 is 4.99. The summed E-state index contributed by atoms with van der Waals surface area (Å²) in [6, 6.07) is 0. The number of unbranched alkanes of at least 4 members (excludes halogenated alkanes) is 1. The first-order chi connectivity index (χ1) is 8.86. The molecule has 1 saturated heterocycles. The average molecular weight is 256 g/mol. The lowest BCUT2D eigenvalue weighted by Gasteiger charge is -2.15. The van der Waals surface area contributed by atoms with E-state index in [2.05, 4.69) is 20.5 Å². The van der Waals surface area contributed by atoms with Crippen molar-refractivity contribution in [1.29, 1.82) is 0 Å². The van der Waals surface area contributed by atoms with Gasteiger partial charge in [0.15, 0.2) is 5.96 Å². The highest BCUT2D eigenvalue weighted by molar-refractivity contribution is 5.79. The Morgan fingerprint density at radius 2 is 1.89 bits per heavy atom. The summed E-state index contributed by atoms with van der Waals surface area (Å²) in [5, 5.41) is 6.52. The summed E-state index contributed by atoms with van der Waals surface area (Å²) in [5.41, 5.74) is 0. The number of methoxy groups -OCH3 is 1. The van der Waals surface area contributed by atoms with Gasteiger partial charge in [0.25, 0.3) is 0 Å². The number of nitrogens with zero attached hydrogens (tertiary/aromatic N) is 2. The van der Waals surface area contributed by atoms with E-state index in [1.165, 1.54) is 45.3 Å². The topological polar surface area (TPSA) is 48.9 Å². The van der Waals surface area contributed by atoms with Gasteiger partial charge in [-0.1, -0.05) is 0 Å². The Morgan fingerprint density at radius 1 is 1.17 bits per heavy atom. The zero-order chi connectivity index (χ0) is 13.1. The average Bonchev–Trinajstić information content (AvgIpc) is 2.89. The predicted molar refractivity (Wildman–Crippen MR) is 76.1 cm³/mol. The molecular weight excluding hydrogens is 228 g/mol. The van der Waals surface area contributed by atoms with Gasteiger partial charge in [0.1, 0.15) is 0 Å². The second-order valence-corrected chi connectivity index (χ2v) is 4.67. The molecule has 18 heavy (non-hydrogen) atoms. The molecule has 0 bridgehead atoms. The number of guanidine groups is 1. The number of ether oxygens (including phenoxy) is 1. The van der Waals surface area contributed by atoms with E-state index >= 15 is 0 Å². The van der Waals surface area contributed by atoms with Gasteiger partial charge >= 0.3 is 0 Å². The van der Waals surface area contributed by atoms with E-state index < -0.39 is 0 Å². The maximum atomic E-state index is 4.99. The lowest BCUT2D eigenvalue weighted by atomic mass is 10.3. The molecule has 1 aliphatic heterocycles. The molecule has 1 rings (SSSR count). The summed E-state index contributed by atoms with van der Waals surface area (Å²) >= 11 is 0. The van der Waals surface area contributed by atoms with E-state index in [4.69, 9.17) is 4.74 Å². The van der Waals surface area contributed by atoms with Crippen LogP contribution < -0.4 is 10.6 Å². The number of nitrogens with one attached hydrogen (secondary N) is 2.